The van der Waals surface area contributed by atoms with Gasteiger partial charge in [0.1, 0.15) is 5.65 Å². The van der Waals surface area contributed by atoms with Crippen LogP contribution in [0.1, 0.15) is 0 Å². The Morgan fingerprint density at radius 2 is 1.21 bits per heavy atom. The van der Waals surface area contributed by atoms with Crippen LogP contribution < -0.4 is 0 Å². The Bertz CT molecular complexity index is 1870. The highest BCUT2D eigenvalue weighted by molar-refractivity contribution is 9.10. The van der Waals surface area contributed by atoms with Gasteiger partial charge in [0, 0.05) is 38.3 Å². The molecule has 0 fully saturated rings. The monoisotopic (exact) mass is 551 g/mol. The molecule has 0 aliphatic rings. The molecule has 0 spiro atoms. The molecule has 0 aliphatic heterocycles. The van der Waals surface area contributed by atoms with Crippen molar-refractivity contribution in [2.24, 2.45) is 0 Å². The lowest BCUT2D eigenvalue weighted by Crippen LogP contribution is -1.96. The first-order valence-corrected chi connectivity index (χ1v) is 13.3. The van der Waals surface area contributed by atoms with Crippen molar-refractivity contribution < 1.29 is 0 Å². The van der Waals surface area contributed by atoms with Crippen LogP contribution in [0.3, 0.4) is 0 Å². The van der Waals surface area contributed by atoms with Crippen molar-refractivity contribution in [1.82, 2.24) is 14.5 Å². The van der Waals surface area contributed by atoms with Gasteiger partial charge in [0.15, 0.2) is 0 Å². The van der Waals surface area contributed by atoms with E-state index in [4.69, 9.17) is 9.97 Å². The van der Waals surface area contributed by atoms with Crippen molar-refractivity contribution in [3.63, 3.8) is 0 Å². The van der Waals surface area contributed by atoms with Gasteiger partial charge in [-0.2, -0.15) is 0 Å². The van der Waals surface area contributed by atoms with Crippen molar-refractivity contribution in [1.29, 1.82) is 0 Å². The molecule has 180 valence electrons. The second-order valence-corrected chi connectivity index (χ2v) is 10.2. The molecular formula is C34H22BrN3. The van der Waals surface area contributed by atoms with Crippen molar-refractivity contribution in [3.8, 4) is 39.3 Å². The summed E-state index contributed by atoms with van der Waals surface area (Å²) in [4.78, 5) is 9.81. The van der Waals surface area contributed by atoms with Gasteiger partial charge in [-0.15, -0.1) is 0 Å². The molecule has 0 radical (unpaired) electrons. The van der Waals surface area contributed by atoms with Gasteiger partial charge in [0.2, 0.25) is 0 Å². The first-order valence-electron chi connectivity index (χ1n) is 12.5. The summed E-state index contributed by atoms with van der Waals surface area (Å²) in [5.74, 6) is 0. The minimum Gasteiger partial charge on any atom is -0.294 e. The highest BCUT2D eigenvalue weighted by atomic mass is 79.9. The van der Waals surface area contributed by atoms with Gasteiger partial charge in [0.05, 0.1) is 16.9 Å². The molecule has 0 bridgehead atoms. The summed E-state index contributed by atoms with van der Waals surface area (Å²) in [6, 6.07) is 44.3. The minimum atomic E-state index is 0.947. The fourth-order valence-corrected chi connectivity index (χ4v) is 5.46. The average molecular weight is 552 g/mol. The molecule has 0 aliphatic carbocycles. The molecule has 0 N–H and O–H groups in total. The molecule has 0 amide bonds. The molecule has 7 rings (SSSR count). The zero-order valence-electron chi connectivity index (χ0n) is 20.4. The predicted molar refractivity (Wildman–Crippen MR) is 160 cm³/mol. The van der Waals surface area contributed by atoms with Gasteiger partial charge < -0.3 is 0 Å². The van der Waals surface area contributed by atoms with Gasteiger partial charge in [0.25, 0.3) is 0 Å². The van der Waals surface area contributed by atoms with Gasteiger partial charge in [-0.1, -0.05) is 94.8 Å². The van der Waals surface area contributed by atoms with Crippen LogP contribution in [-0.2, 0) is 0 Å². The molecule has 0 unspecified atom stereocenters. The third-order valence-electron chi connectivity index (χ3n) is 6.89. The molecule has 4 heteroatoms. The molecule has 38 heavy (non-hydrogen) atoms. The van der Waals surface area contributed by atoms with Crippen LogP contribution in [0.2, 0.25) is 0 Å². The fourth-order valence-electron chi connectivity index (χ4n) is 5.11. The first kappa shape index (κ1) is 22.6. The molecule has 3 nitrogen and oxygen atoms in total. The Morgan fingerprint density at radius 1 is 0.526 bits per heavy atom. The van der Waals surface area contributed by atoms with E-state index in [2.05, 4.69) is 130 Å². The van der Waals surface area contributed by atoms with Gasteiger partial charge in [-0.3, -0.25) is 4.57 Å². The van der Waals surface area contributed by atoms with Crippen LogP contribution in [0.4, 0.5) is 0 Å². The highest BCUT2D eigenvalue weighted by Crippen LogP contribution is 2.35. The largest absolute Gasteiger partial charge is 0.294 e. The molecule has 0 saturated carbocycles. The molecule has 0 atom stereocenters. The van der Waals surface area contributed by atoms with E-state index < -0.39 is 0 Å². The molecule has 7 aromatic rings. The smallest absolute Gasteiger partial charge is 0.145 e. The molecule has 4 aromatic carbocycles. The van der Waals surface area contributed by atoms with Crippen molar-refractivity contribution in [3.05, 3.63) is 138 Å². The van der Waals surface area contributed by atoms with E-state index in [0.717, 1.165) is 60.4 Å². The van der Waals surface area contributed by atoms with Crippen molar-refractivity contribution in [2.45, 2.75) is 0 Å². The van der Waals surface area contributed by atoms with Gasteiger partial charge in [-0.05, 0) is 59.7 Å². The number of hydrogen-bond acceptors (Lipinski definition) is 2. The second kappa shape index (κ2) is 9.40. The maximum atomic E-state index is 5.04. The number of hydrogen-bond donors (Lipinski definition) is 0. The van der Waals surface area contributed by atoms with Crippen LogP contribution in [0, 0.1) is 0 Å². The average Bonchev–Trinajstić information content (AvgIpc) is 3.31. The normalized spacial score (nSPS) is 11.3. The zero-order chi connectivity index (χ0) is 25.5. The number of rotatable bonds is 4. The van der Waals surface area contributed by atoms with E-state index in [1.54, 1.807) is 0 Å². The summed E-state index contributed by atoms with van der Waals surface area (Å²) in [6.07, 6.45) is 1.86. The quantitative estimate of drug-likeness (QED) is 0.218. The number of pyridine rings is 2. The SMILES string of the molecule is Brc1ccc2c3cccnc3n(-c3cccc(-c4cc(-c5ccccc5)nc(-c5ccccc5)c4)c3)c2c1. The van der Waals surface area contributed by atoms with Crippen LogP contribution >= 0.6 is 15.9 Å². The Morgan fingerprint density at radius 3 is 1.92 bits per heavy atom. The maximum Gasteiger partial charge on any atom is 0.145 e. The standard InChI is InChI=1S/C34H22BrN3/c35-27-16-17-29-30-15-8-18-36-34(30)38(33(29)22-27)28-14-7-13-25(19-28)26-20-31(23-9-3-1-4-10-23)37-32(21-26)24-11-5-2-6-12-24/h1-22H. The number of nitrogens with zero attached hydrogens (tertiary/aromatic N) is 3. The van der Waals surface area contributed by atoms with Crippen molar-refractivity contribution >= 4 is 37.9 Å². The fraction of sp³-hybridized carbons (Fsp3) is 0. The van der Waals surface area contributed by atoms with Gasteiger partial charge in [-0.25, -0.2) is 9.97 Å². The third-order valence-corrected chi connectivity index (χ3v) is 7.38. The summed E-state index contributed by atoms with van der Waals surface area (Å²) in [7, 11) is 0. The van der Waals surface area contributed by atoms with E-state index in [-0.39, 0.29) is 0 Å². The van der Waals surface area contributed by atoms with Crippen LogP contribution in [0.25, 0.3) is 61.3 Å². The molecule has 3 heterocycles. The van der Waals surface area contributed by atoms with Crippen LogP contribution in [0.15, 0.2) is 138 Å². The van der Waals surface area contributed by atoms with E-state index in [1.165, 1.54) is 5.39 Å². The lowest BCUT2D eigenvalue weighted by Gasteiger charge is -2.13. The van der Waals surface area contributed by atoms with E-state index in [1.807, 2.05) is 24.4 Å². The zero-order valence-corrected chi connectivity index (χ0v) is 22.0. The Kier molecular flexibility index (Phi) is 5.60. The molecule has 0 saturated heterocycles. The van der Waals surface area contributed by atoms with Crippen LogP contribution in [0.5, 0.6) is 0 Å². The van der Waals surface area contributed by atoms with E-state index in [9.17, 15) is 0 Å². The number of fused-ring (bicyclic) bond motifs is 3. The Hall–Kier alpha value is -4.54. The summed E-state index contributed by atoms with van der Waals surface area (Å²) in [6.45, 7) is 0. The summed E-state index contributed by atoms with van der Waals surface area (Å²) in [5, 5.41) is 2.32. The topological polar surface area (TPSA) is 30.7 Å². The first-order chi connectivity index (χ1) is 18.7. The minimum absolute atomic E-state index is 0.947. The van der Waals surface area contributed by atoms with E-state index >= 15 is 0 Å². The van der Waals surface area contributed by atoms with Crippen LogP contribution in [-0.4, -0.2) is 14.5 Å². The summed E-state index contributed by atoms with van der Waals surface area (Å²) in [5.41, 5.74) is 9.48. The Labute approximate surface area is 229 Å². The number of aromatic nitrogens is 3. The van der Waals surface area contributed by atoms with Gasteiger partial charge >= 0.3 is 0 Å². The lowest BCUT2D eigenvalue weighted by molar-refractivity contribution is 1.14. The maximum absolute atomic E-state index is 5.04. The Balaban J connectivity index is 1.44. The lowest BCUT2D eigenvalue weighted by atomic mass is 9.99. The van der Waals surface area contributed by atoms with E-state index in [0.29, 0.717) is 0 Å². The third kappa shape index (κ3) is 4.00. The second-order valence-electron chi connectivity index (χ2n) is 9.28. The predicted octanol–water partition coefficient (Wildman–Crippen LogP) is 9.34. The number of benzene rings is 4. The summed E-state index contributed by atoms with van der Waals surface area (Å²) >= 11 is 3.67. The summed E-state index contributed by atoms with van der Waals surface area (Å²) < 4.78 is 3.29. The molecule has 3 aromatic heterocycles. The molecular weight excluding hydrogens is 530 g/mol. The van der Waals surface area contributed by atoms with Crippen molar-refractivity contribution in [2.75, 3.05) is 0 Å². The number of halogens is 1. The highest BCUT2D eigenvalue weighted by Gasteiger charge is 2.15.